The molecule has 0 aliphatic rings. The van der Waals surface area contributed by atoms with E-state index in [2.05, 4.69) is 22.0 Å². The lowest BCUT2D eigenvalue weighted by Gasteiger charge is -2.15. The number of rotatable bonds is 2. The van der Waals surface area contributed by atoms with E-state index in [1.807, 2.05) is 60.7 Å². The minimum atomic E-state index is -1.93. The molecular weight excluding hydrogens is 316 g/mol. The van der Waals surface area contributed by atoms with E-state index in [-0.39, 0.29) is 0 Å². The highest BCUT2D eigenvalue weighted by atomic mass is 127. The van der Waals surface area contributed by atoms with Crippen LogP contribution in [-0.2, 0) is 0 Å². The summed E-state index contributed by atoms with van der Waals surface area (Å²) in [5, 5.41) is 10.8. The number of halogens is 1. The fourth-order valence-corrected chi connectivity index (χ4v) is 4.81. The van der Waals surface area contributed by atoms with Gasteiger partial charge in [-0.1, -0.05) is 60.7 Å². The summed E-state index contributed by atoms with van der Waals surface area (Å²) in [7, 11) is 0. The molecule has 15 heavy (non-hydrogen) atoms. The summed E-state index contributed by atoms with van der Waals surface area (Å²) in [6, 6.07) is 20.2. The van der Waals surface area contributed by atoms with E-state index in [4.69, 9.17) is 5.16 Å². The van der Waals surface area contributed by atoms with E-state index >= 15 is 0 Å². The first-order valence-corrected chi connectivity index (χ1v) is 9.24. The first-order valence-electron chi connectivity index (χ1n) is 4.66. The van der Waals surface area contributed by atoms with Crippen LogP contribution in [0.15, 0.2) is 60.7 Å². The zero-order valence-corrected chi connectivity index (χ0v) is 11.2. The largest absolute Gasteiger partial charge is 0.299 e. The van der Waals surface area contributed by atoms with E-state index in [0.29, 0.717) is 0 Å². The Morgan fingerprint density at radius 1 is 0.733 bits per heavy atom. The maximum absolute atomic E-state index is 8.51. The molecule has 0 unspecified atom stereocenters. The Labute approximate surface area is 103 Å². The lowest BCUT2D eigenvalue weighted by atomic mass is 10.4. The van der Waals surface area contributed by atoms with Gasteiger partial charge in [0.15, 0.2) is 0 Å². The Balaban J connectivity index is 2.50. The number of hydrogen-bond donors (Lipinski definition) is 1. The van der Waals surface area contributed by atoms with Crippen LogP contribution in [0.1, 0.15) is 0 Å². The zero-order chi connectivity index (χ0) is 10.7. The Morgan fingerprint density at radius 2 is 1.07 bits per heavy atom. The molecule has 2 aromatic rings. The summed E-state index contributed by atoms with van der Waals surface area (Å²) in [5.41, 5.74) is 0. The van der Waals surface area contributed by atoms with Gasteiger partial charge >= 0.3 is 0 Å². The molecule has 0 heterocycles. The van der Waals surface area contributed by atoms with Gasteiger partial charge in [0.25, 0.3) is 0 Å². The normalized spacial score (nSPS) is 11.3. The molecule has 0 aliphatic heterocycles. The van der Waals surface area contributed by atoms with Gasteiger partial charge in [0.05, 0.1) is 4.70 Å². The van der Waals surface area contributed by atoms with Crippen LogP contribution in [0.3, 0.4) is 0 Å². The smallest absolute Gasteiger partial charge is 0.0798 e. The van der Waals surface area contributed by atoms with Gasteiger partial charge in [-0.05, 0) is 22.0 Å². The van der Waals surface area contributed by atoms with Crippen molar-refractivity contribution < 1.29 is 0 Å². The molecule has 0 amide bonds. The fourth-order valence-electron chi connectivity index (χ4n) is 1.42. The predicted octanol–water partition coefficient (Wildman–Crippen LogP) is 3.77. The average molecular weight is 327 g/mol. The van der Waals surface area contributed by atoms with Crippen LogP contribution in [-0.4, -0.2) is 0 Å². The summed E-state index contributed by atoms with van der Waals surface area (Å²) in [5.74, 6) is 0. The zero-order valence-electron chi connectivity index (χ0n) is 8.10. The van der Waals surface area contributed by atoms with Crippen LogP contribution >= 0.6 is 26.7 Å². The molecule has 0 saturated carbocycles. The highest BCUT2D eigenvalue weighted by Crippen LogP contribution is 2.52. The third-order valence-corrected chi connectivity index (χ3v) is 7.59. The van der Waals surface area contributed by atoms with Gasteiger partial charge in [-0.3, -0.25) is 5.16 Å². The van der Waals surface area contributed by atoms with E-state index in [1.54, 1.807) is 0 Å². The summed E-state index contributed by atoms with van der Waals surface area (Å²) < 4.78 is -1.93. The van der Waals surface area contributed by atoms with E-state index in [9.17, 15) is 0 Å². The molecule has 2 aromatic carbocycles. The van der Waals surface area contributed by atoms with Crippen molar-refractivity contribution in [2.24, 2.45) is 0 Å². The predicted molar refractivity (Wildman–Crippen MR) is 75.8 cm³/mol. The molecule has 1 nitrogen and oxygen atoms in total. The van der Waals surface area contributed by atoms with Crippen molar-refractivity contribution in [1.82, 2.24) is 0 Å². The molecule has 0 spiro atoms. The van der Waals surface area contributed by atoms with Crippen LogP contribution in [0.25, 0.3) is 0 Å². The first kappa shape index (κ1) is 10.9. The highest BCUT2D eigenvalue weighted by Gasteiger charge is 2.16. The molecule has 0 fully saturated rings. The topological polar surface area (TPSA) is 23.9 Å². The second-order valence-corrected chi connectivity index (χ2v) is 9.81. The first-order chi connectivity index (χ1) is 7.21. The van der Waals surface area contributed by atoms with Gasteiger partial charge in [0.1, 0.15) is 0 Å². The summed E-state index contributed by atoms with van der Waals surface area (Å²) in [6.07, 6.45) is 0. The molecular formula is C12H11INP. The van der Waals surface area contributed by atoms with Gasteiger partial charge in [0, 0.05) is 10.6 Å². The fraction of sp³-hybridized carbons (Fsp3) is 0. The Morgan fingerprint density at radius 3 is 1.40 bits per heavy atom. The molecule has 0 radical (unpaired) electrons. The minimum absolute atomic E-state index is 1.12. The Kier molecular flexibility index (Phi) is 3.27. The van der Waals surface area contributed by atoms with Crippen LogP contribution in [0.2, 0.25) is 0 Å². The van der Waals surface area contributed by atoms with Gasteiger partial charge in [-0.2, -0.15) is 0 Å². The highest BCUT2D eigenvalue weighted by molar-refractivity contribution is 14.2. The SMILES string of the molecule is N=P(I)(c1ccccc1)c1ccccc1. The number of nitrogens with one attached hydrogen (secondary N) is 1. The van der Waals surface area contributed by atoms with Crippen molar-refractivity contribution in [3.05, 3.63) is 60.7 Å². The maximum atomic E-state index is 8.51. The second-order valence-electron chi connectivity index (χ2n) is 3.26. The van der Waals surface area contributed by atoms with Crippen LogP contribution in [0.4, 0.5) is 0 Å². The summed E-state index contributed by atoms with van der Waals surface area (Å²) in [4.78, 5) is 0. The average Bonchev–Trinajstić information content (AvgIpc) is 2.31. The van der Waals surface area contributed by atoms with E-state index < -0.39 is 4.70 Å². The quantitative estimate of drug-likeness (QED) is 0.641. The van der Waals surface area contributed by atoms with E-state index in [0.717, 1.165) is 10.6 Å². The molecule has 76 valence electrons. The standard InChI is InChI=1S/C12H11INP/c13-15(14,11-7-3-1-4-8-11)12-9-5-2-6-10-12/h1-10,14H. The molecule has 0 saturated heterocycles. The molecule has 0 aromatic heterocycles. The van der Waals surface area contributed by atoms with Crippen molar-refractivity contribution >= 4 is 37.3 Å². The third-order valence-electron chi connectivity index (χ3n) is 2.22. The molecule has 3 heteroatoms. The lowest BCUT2D eigenvalue weighted by molar-refractivity contribution is 1.61. The summed E-state index contributed by atoms with van der Waals surface area (Å²) >= 11 is 2.29. The van der Waals surface area contributed by atoms with Gasteiger partial charge in [0.2, 0.25) is 0 Å². The van der Waals surface area contributed by atoms with Crippen molar-refractivity contribution in [3.63, 3.8) is 0 Å². The molecule has 2 rings (SSSR count). The maximum Gasteiger partial charge on any atom is 0.0798 e. The second kappa shape index (κ2) is 4.50. The lowest BCUT2D eigenvalue weighted by Crippen LogP contribution is -2.10. The minimum Gasteiger partial charge on any atom is -0.299 e. The summed E-state index contributed by atoms with van der Waals surface area (Å²) in [6.45, 7) is 0. The van der Waals surface area contributed by atoms with Crippen molar-refractivity contribution in [2.45, 2.75) is 0 Å². The van der Waals surface area contributed by atoms with Crippen molar-refractivity contribution in [2.75, 3.05) is 0 Å². The number of benzene rings is 2. The monoisotopic (exact) mass is 327 g/mol. The molecule has 0 bridgehead atoms. The van der Waals surface area contributed by atoms with Crippen molar-refractivity contribution in [3.8, 4) is 0 Å². The van der Waals surface area contributed by atoms with Crippen molar-refractivity contribution in [1.29, 1.82) is 5.16 Å². The van der Waals surface area contributed by atoms with Crippen LogP contribution in [0.5, 0.6) is 0 Å². The molecule has 1 N–H and O–H groups in total. The van der Waals surface area contributed by atoms with Gasteiger partial charge in [-0.15, -0.1) is 0 Å². The van der Waals surface area contributed by atoms with E-state index in [1.165, 1.54) is 0 Å². The Bertz CT molecular complexity index is 438. The van der Waals surface area contributed by atoms with Gasteiger partial charge in [-0.25, -0.2) is 0 Å². The molecule has 0 aliphatic carbocycles. The third kappa shape index (κ3) is 2.32. The van der Waals surface area contributed by atoms with Crippen LogP contribution in [0, 0.1) is 5.16 Å². The van der Waals surface area contributed by atoms with Gasteiger partial charge < -0.3 is 0 Å². The van der Waals surface area contributed by atoms with Crippen LogP contribution < -0.4 is 10.6 Å². The molecule has 0 atom stereocenters. The number of hydrogen-bond acceptors (Lipinski definition) is 1. The Hall–Kier alpha value is -0.600.